The lowest BCUT2D eigenvalue weighted by atomic mass is 10.0. The number of nitrogens with one attached hydrogen (secondary N) is 1. The molecular formula is C25H30N4O3S. The maximum Gasteiger partial charge on any atom is 0.255 e. The third-order valence-electron chi connectivity index (χ3n) is 6.24. The van der Waals surface area contributed by atoms with Gasteiger partial charge in [-0.05, 0) is 62.4 Å². The van der Waals surface area contributed by atoms with Crippen LogP contribution in [0.5, 0.6) is 0 Å². The summed E-state index contributed by atoms with van der Waals surface area (Å²) in [6, 6.07) is 16.6. The normalized spacial score (nSPS) is 15.5. The molecule has 1 aromatic heterocycles. The molecule has 7 nitrogen and oxygen atoms in total. The van der Waals surface area contributed by atoms with Crippen molar-refractivity contribution in [3.05, 3.63) is 77.1 Å². The van der Waals surface area contributed by atoms with Gasteiger partial charge in [0.2, 0.25) is 10.0 Å². The van der Waals surface area contributed by atoms with E-state index in [2.05, 4.69) is 17.3 Å². The summed E-state index contributed by atoms with van der Waals surface area (Å²) >= 11 is 0. The molecule has 3 aromatic rings. The van der Waals surface area contributed by atoms with Crippen LogP contribution < -0.4 is 5.32 Å². The molecule has 4 rings (SSSR count). The highest BCUT2D eigenvalue weighted by Crippen LogP contribution is 2.28. The van der Waals surface area contributed by atoms with Gasteiger partial charge in [0.25, 0.3) is 5.91 Å². The second-order valence-electron chi connectivity index (χ2n) is 8.76. The lowest BCUT2D eigenvalue weighted by molar-refractivity contribution is 0.102. The Hall–Kier alpha value is -2.97. The first kappa shape index (κ1) is 23.2. The number of benzene rings is 2. The molecule has 0 saturated carbocycles. The van der Waals surface area contributed by atoms with Crippen LogP contribution >= 0.6 is 0 Å². The fraction of sp³-hybridized carbons (Fsp3) is 0.360. The van der Waals surface area contributed by atoms with Gasteiger partial charge in [-0.15, -0.1) is 0 Å². The number of sulfonamides is 1. The molecule has 1 aliphatic rings. The van der Waals surface area contributed by atoms with Gasteiger partial charge in [0, 0.05) is 24.3 Å². The van der Waals surface area contributed by atoms with E-state index in [0.717, 1.165) is 24.1 Å². The number of hydrogen-bond acceptors (Lipinski definition) is 4. The van der Waals surface area contributed by atoms with E-state index in [1.807, 2.05) is 42.5 Å². The standard InChI is InChI=1S/C25H30N4O3S/c1-18-13-15-28(16-14-18)33(31,32)24-19(2)27-29(20(24)3)17-21-9-11-22(12-10-21)25(30)26-23-7-5-4-6-8-23/h4-12,18H,13-17H2,1-3H3,(H,26,30). The number of aromatic nitrogens is 2. The minimum Gasteiger partial charge on any atom is -0.322 e. The van der Waals surface area contributed by atoms with E-state index in [9.17, 15) is 13.2 Å². The number of rotatable bonds is 6. The summed E-state index contributed by atoms with van der Waals surface area (Å²) in [5.74, 6) is 0.377. The van der Waals surface area contributed by atoms with Crippen molar-refractivity contribution in [2.45, 2.75) is 45.1 Å². The molecule has 0 atom stereocenters. The van der Waals surface area contributed by atoms with Crippen molar-refractivity contribution < 1.29 is 13.2 Å². The van der Waals surface area contributed by atoms with Crippen molar-refractivity contribution in [3.63, 3.8) is 0 Å². The number of amides is 1. The van der Waals surface area contributed by atoms with E-state index < -0.39 is 10.0 Å². The number of aryl methyl sites for hydroxylation is 1. The van der Waals surface area contributed by atoms with Crippen molar-refractivity contribution in [3.8, 4) is 0 Å². The van der Waals surface area contributed by atoms with Gasteiger partial charge in [0.05, 0.1) is 17.9 Å². The van der Waals surface area contributed by atoms with Gasteiger partial charge in [-0.1, -0.05) is 37.3 Å². The van der Waals surface area contributed by atoms with Gasteiger partial charge < -0.3 is 5.32 Å². The van der Waals surface area contributed by atoms with Crippen molar-refractivity contribution in [1.29, 1.82) is 0 Å². The maximum absolute atomic E-state index is 13.3. The van der Waals surface area contributed by atoms with E-state index in [0.29, 0.717) is 47.4 Å². The summed E-state index contributed by atoms with van der Waals surface area (Å²) in [7, 11) is -3.57. The molecule has 174 valence electrons. The number of para-hydroxylation sites is 1. The Labute approximate surface area is 195 Å². The zero-order valence-electron chi connectivity index (χ0n) is 19.3. The molecule has 2 heterocycles. The number of carbonyl (C=O) groups excluding carboxylic acids is 1. The zero-order chi connectivity index (χ0) is 23.6. The summed E-state index contributed by atoms with van der Waals surface area (Å²) < 4.78 is 29.9. The number of nitrogens with zero attached hydrogens (tertiary/aromatic N) is 3. The molecule has 0 radical (unpaired) electrons. The summed E-state index contributed by atoms with van der Waals surface area (Å²) in [6.07, 6.45) is 1.77. The number of carbonyl (C=O) groups is 1. The predicted molar refractivity (Wildman–Crippen MR) is 129 cm³/mol. The van der Waals surface area contributed by atoms with E-state index in [1.54, 1.807) is 35.0 Å². The quantitative estimate of drug-likeness (QED) is 0.589. The first-order chi connectivity index (χ1) is 15.8. The first-order valence-electron chi connectivity index (χ1n) is 11.2. The van der Waals surface area contributed by atoms with Crippen LogP contribution in [0.2, 0.25) is 0 Å². The molecule has 8 heteroatoms. The van der Waals surface area contributed by atoms with E-state index in [4.69, 9.17) is 0 Å². The predicted octanol–water partition coefficient (Wildman–Crippen LogP) is 4.22. The molecule has 0 aliphatic carbocycles. The van der Waals surface area contributed by atoms with E-state index in [-0.39, 0.29) is 5.91 Å². The Morgan fingerprint density at radius 1 is 1.03 bits per heavy atom. The highest BCUT2D eigenvalue weighted by Gasteiger charge is 2.32. The van der Waals surface area contributed by atoms with Gasteiger partial charge in [-0.25, -0.2) is 8.42 Å². The molecule has 1 N–H and O–H groups in total. The summed E-state index contributed by atoms with van der Waals surface area (Å²) in [5, 5.41) is 7.40. The highest BCUT2D eigenvalue weighted by molar-refractivity contribution is 7.89. The molecule has 1 aliphatic heterocycles. The fourth-order valence-electron chi connectivity index (χ4n) is 4.22. The summed E-state index contributed by atoms with van der Waals surface area (Å²) in [4.78, 5) is 12.8. The first-order valence-corrected chi connectivity index (χ1v) is 12.7. The Morgan fingerprint density at radius 3 is 2.30 bits per heavy atom. The minimum absolute atomic E-state index is 0.178. The van der Waals surface area contributed by atoms with Gasteiger partial charge in [0.1, 0.15) is 4.90 Å². The van der Waals surface area contributed by atoms with Gasteiger partial charge >= 0.3 is 0 Å². The van der Waals surface area contributed by atoms with Gasteiger partial charge in [-0.3, -0.25) is 9.48 Å². The van der Waals surface area contributed by atoms with Crippen LogP contribution in [-0.2, 0) is 16.6 Å². The minimum atomic E-state index is -3.57. The summed E-state index contributed by atoms with van der Waals surface area (Å²) in [5.41, 5.74) is 3.39. The third kappa shape index (κ3) is 5.02. The second kappa shape index (κ2) is 9.49. The Balaban J connectivity index is 1.49. The second-order valence-corrected chi connectivity index (χ2v) is 10.6. The SMILES string of the molecule is Cc1nn(Cc2ccc(C(=O)Nc3ccccc3)cc2)c(C)c1S(=O)(=O)N1CCC(C)CC1. The van der Waals surface area contributed by atoms with Gasteiger partial charge in [0.15, 0.2) is 0 Å². The topological polar surface area (TPSA) is 84.3 Å². The lowest BCUT2D eigenvalue weighted by Crippen LogP contribution is -2.38. The summed E-state index contributed by atoms with van der Waals surface area (Å²) in [6.45, 7) is 7.26. The van der Waals surface area contributed by atoms with Crippen LogP contribution in [0.4, 0.5) is 5.69 Å². The van der Waals surface area contributed by atoms with Crippen molar-refractivity contribution in [2.24, 2.45) is 5.92 Å². The highest BCUT2D eigenvalue weighted by atomic mass is 32.2. The van der Waals surface area contributed by atoms with Crippen LogP contribution in [0, 0.1) is 19.8 Å². The molecule has 1 amide bonds. The Bertz CT molecular complexity index is 1230. The van der Waals surface area contributed by atoms with Crippen LogP contribution in [0.25, 0.3) is 0 Å². The van der Waals surface area contributed by atoms with Crippen LogP contribution in [0.1, 0.15) is 47.1 Å². The molecule has 1 fully saturated rings. The van der Waals surface area contributed by atoms with E-state index in [1.165, 1.54) is 0 Å². The average Bonchev–Trinajstić information content (AvgIpc) is 3.08. The zero-order valence-corrected chi connectivity index (χ0v) is 20.1. The third-order valence-corrected chi connectivity index (χ3v) is 8.39. The molecule has 2 aromatic carbocycles. The molecule has 0 bridgehead atoms. The number of anilines is 1. The van der Waals surface area contributed by atoms with E-state index >= 15 is 0 Å². The molecule has 33 heavy (non-hydrogen) atoms. The number of piperidine rings is 1. The average molecular weight is 467 g/mol. The van der Waals surface area contributed by atoms with Crippen molar-refractivity contribution in [2.75, 3.05) is 18.4 Å². The van der Waals surface area contributed by atoms with Crippen molar-refractivity contribution >= 4 is 21.6 Å². The molecule has 1 saturated heterocycles. The fourth-order valence-corrected chi connectivity index (χ4v) is 6.06. The Morgan fingerprint density at radius 2 is 1.67 bits per heavy atom. The Kier molecular flexibility index (Phi) is 6.67. The lowest BCUT2D eigenvalue weighted by Gasteiger charge is -2.29. The monoisotopic (exact) mass is 466 g/mol. The smallest absolute Gasteiger partial charge is 0.255 e. The van der Waals surface area contributed by atoms with Gasteiger partial charge in [-0.2, -0.15) is 9.40 Å². The van der Waals surface area contributed by atoms with Crippen LogP contribution in [-0.4, -0.2) is 41.5 Å². The molecule has 0 unspecified atom stereocenters. The molecule has 0 spiro atoms. The maximum atomic E-state index is 13.3. The molecular weight excluding hydrogens is 436 g/mol. The number of hydrogen-bond donors (Lipinski definition) is 1. The van der Waals surface area contributed by atoms with Crippen LogP contribution in [0.3, 0.4) is 0 Å². The van der Waals surface area contributed by atoms with Crippen LogP contribution in [0.15, 0.2) is 59.5 Å². The van der Waals surface area contributed by atoms with Crippen molar-refractivity contribution in [1.82, 2.24) is 14.1 Å². The largest absolute Gasteiger partial charge is 0.322 e.